The number of rotatable bonds is 4. The van der Waals surface area contributed by atoms with Gasteiger partial charge < -0.3 is 9.84 Å². The number of likely N-dealkylation sites (tertiary alicyclic amines) is 1. The standard InChI is InChI=1S/C18H23N5O3.CH2O2/c1-3-26-17(25)16-11(2)4-5-12-7-22(9-14(12)16)8-13-6-15(24)23-18(21-13)19-10-20-23;2-1-3/h4-6,10-12,14,16H,3,7-9H2,1-2H3,(H,19,20,21);1H,(H,2,3)/t11-,12-,14-,16-;/m0./s1. The number of esters is 1. The van der Waals surface area contributed by atoms with E-state index in [-0.39, 0.29) is 35.8 Å². The Balaban J connectivity index is 0.000000755. The maximum atomic E-state index is 12.4. The summed E-state index contributed by atoms with van der Waals surface area (Å²) in [5, 5.41) is 9.63. The minimum absolute atomic E-state index is 0.101. The number of fused-ring (bicyclic) bond motifs is 2. The summed E-state index contributed by atoms with van der Waals surface area (Å²) < 4.78 is 6.62. The highest BCUT2D eigenvalue weighted by atomic mass is 16.5. The lowest BCUT2D eigenvalue weighted by Gasteiger charge is -2.32. The van der Waals surface area contributed by atoms with Gasteiger partial charge in [0.05, 0.1) is 18.2 Å². The van der Waals surface area contributed by atoms with Crippen molar-refractivity contribution in [3.63, 3.8) is 0 Å². The summed E-state index contributed by atoms with van der Waals surface area (Å²) in [4.78, 5) is 43.7. The number of nitrogens with zero attached hydrogens (tertiary/aromatic N) is 4. The first kappa shape index (κ1) is 20.7. The predicted molar refractivity (Wildman–Crippen MR) is 103 cm³/mol. The van der Waals surface area contributed by atoms with E-state index in [9.17, 15) is 9.59 Å². The van der Waals surface area contributed by atoms with Gasteiger partial charge in [0.1, 0.15) is 6.33 Å². The van der Waals surface area contributed by atoms with Crippen LogP contribution in [0.25, 0.3) is 5.78 Å². The van der Waals surface area contributed by atoms with Crippen LogP contribution in [0.15, 0.2) is 29.3 Å². The number of hydrogen-bond donors (Lipinski definition) is 2. The molecule has 10 nitrogen and oxygen atoms in total. The zero-order valence-corrected chi connectivity index (χ0v) is 16.4. The highest BCUT2D eigenvalue weighted by molar-refractivity contribution is 5.74. The van der Waals surface area contributed by atoms with Gasteiger partial charge in [-0.25, -0.2) is 9.97 Å². The average molecular weight is 403 g/mol. The molecule has 1 aliphatic carbocycles. The van der Waals surface area contributed by atoms with E-state index in [1.165, 1.54) is 16.9 Å². The van der Waals surface area contributed by atoms with E-state index in [0.717, 1.165) is 13.1 Å². The largest absolute Gasteiger partial charge is 0.483 e. The van der Waals surface area contributed by atoms with E-state index in [4.69, 9.17) is 14.6 Å². The summed E-state index contributed by atoms with van der Waals surface area (Å²) in [5.41, 5.74) is 0.530. The summed E-state index contributed by atoms with van der Waals surface area (Å²) in [6.45, 7) is 6.30. The highest BCUT2D eigenvalue weighted by Gasteiger charge is 2.44. The Kier molecular flexibility index (Phi) is 6.42. The van der Waals surface area contributed by atoms with Crippen LogP contribution < -0.4 is 5.56 Å². The van der Waals surface area contributed by atoms with Crippen LogP contribution in [0.1, 0.15) is 19.5 Å². The SMILES string of the molecule is CCOC(=O)[C@@H]1[C@H]2CN(Cc3cc(=O)n4[nH]cnc4n3)C[C@@H]2C=C[C@@H]1C.O=CO. The lowest BCUT2D eigenvalue weighted by Crippen LogP contribution is -2.37. The molecule has 0 unspecified atom stereocenters. The minimum Gasteiger partial charge on any atom is -0.483 e. The zero-order chi connectivity index (χ0) is 21.0. The number of aromatic nitrogens is 4. The minimum atomic E-state index is -0.250. The summed E-state index contributed by atoms with van der Waals surface area (Å²) in [6.07, 6.45) is 5.81. The quantitative estimate of drug-likeness (QED) is 0.430. The van der Waals surface area contributed by atoms with Crippen molar-refractivity contribution in [3.8, 4) is 0 Å². The molecule has 29 heavy (non-hydrogen) atoms. The van der Waals surface area contributed by atoms with Crippen molar-refractivity contribution in [2.45, 2.75) is 20.4 Å². The Hall–Kier alpha value is -3.01. The van der Waals surface area contributed by atoms with Crippen LogP contribution in [0.3, 0.4) is 0 Å². The molecule has 0 aromatic carbocycles. The molecule has 2 N–H and O–H groups in total. The molecule has 10 heteroatoms. The molecule has 0 bridgehead atoms. The molecule has 3 heterocycles. The molecule has 0 amide bonds. The molecule has 0 radical (unpaired) electrons. The normalized spacial score (nSPS) is 25.9. The van der Waals surface area contributed by atoms with Gasteiger partial charge in [-0.2, -0.15) is 4.52 Å². The Morgan fingerprint density at radius 1 is 1.41 bits per heavy atom. The van der Waals surface area contributed by atoms with Crippen molar-refractivity contribution in [1.29, 1.82) is 0 Å². The lowest BCUT2D eigenvalue weighted by molar-refractivity contribution is -0.152. The van der Waals surface area contributed by atoms with Crippen molar-refractivity contribution >= 4 is 18.2 Å². The van der Waals surface area contributed by atoms with Gasteiger partial charge in [0.2, 0.25) is 0 Å². The molecule has 4 atom stereocenters. The van der Waals surface area contributed by atoms with Crippen molar-refractivity contribution in [1.82, 2.24) is 24.5 Å². The molecular formula is C19H25N5O5. The van der Waals surface area contributed by atoms with Crippen molar-refractivity contribution in [2.75, 3.05) is 19.7 Å². The second kappa shape index (κ2) is 8.99. The predicted octanol–water partition coefficient (Wildman–Crippen LogP) is 0.552. The Bertz CT molecular complexity index is 952. The molecule has 1 fully saturated rings. The van der Waals surface area contributed by atoms with Crippen molar-refractivity contribution in [3.05, 3.63) is 40.6 Å². The molecule has 1 saturated heterocycles. The first-order valence-electron chi connectivity index (χ1n) is 9.55. The average Bonchev–Trinajstić information content (AvgIpc) is 3.29. The maximum absolute atomic E-state index is 12.4. The third kappa shape index (κ3) is 4.37. The number of aromatic amines is 1. The van der Waals surface area contributed by atoms with Gasteiger partial charge in [-0.1, -0.05) is 19.1 Å². The van der Waals surface area contributed by atoms with Crippen LogP contribution in [0, 0.1) is 23.7 Å². The fourth-order valence-corrected chi connectivity index (χ4v) is 4.29. The van der Waals surface area contributed by atoms with E-state index < -0.39 is 0 Å². The second-order valence-corrected chi connectivity index (χ2v) is 7.26. The summed E-state index contributed by atoms with van der Waals surface area (Å²) in [7, 11) is 0. The smallest absolute Gasteiger partial charge is 0.309 e. The van der Waals surface area contributed by atoms with Crippen LogP contribution in [0.4, 0.5) is 0 Å². The second-order valence-electron chi connectivity index (χ2n) is 7.26. The Morgan fingerprint density at radius 3 is 2.90 bits per heavy atom. The third-order valence-corrected chi connectivity index (χ3v) is 5.44. The number of nitrogens with one attached hydrogen (secondary N) is 1. The van der Waals surface area contributed by atoms with Gasteiger partial charge in [0.15, 0.2) is 0 Å². The van der Waals surface area contributed by atoms with Crippen LogP contribution >= 0.6 is 0 Å². The van der Waals surface area contributed by atoms with Crippen LogP contribution in [0.5, 0.6) is 0 Å². The number of H-pyrrole nitrogens is 1. The highest BCUT2D eigenvalue weighted by Crippen LogP contribution is 2.40. The van der Waals surface area contributed by atoms with E-state index in [2.05, 4.69) is 39.0 Å². The van der Waals surface area contributed by atoms with Crippen LogP contribution in [0.2, 0.25) is 0 Å². The number of carboxylic acid groups (broad SMARTS) is 1. The maximum Gasteiger partial charge on any atom is 0.309 e. The Morgan fingerprint density at radius 2 is 2.17 bits per heavy atom. The summed E-state index contributed by atoms with van der Waals surface area (Å²) in [6, 6.07) is 1.54. The number of ether oxygens (including phenoxy) is 1. The zero-order valence-electron chi connectivity index (χ0n) is 16.4. The van der Waals surface area contributed by atoms with Gasteiger partial charge in [0, 0.05) is 25.7 Å². The van der Waals surface area contributed by atoms with Crippen LogP contribution in [-0.2, 0) is 20.9 Å². The Labute approximate surface area is 167 Å². The molecular weight excluding hydrogens is 378 g/mol. The van der Waals surface area contributed by atoms with Gasteiger partial charge in [-0.05, 0) is 24.7 Å². The molecule has 0 spiro atoms. The fraction of sp³-hybridized carbons (Fsp3) is 0.526. The number of allylic oxidation sites excluding steroid dienone is 1. The van der Waals surface area contributed by atoms with E-state index in [1.807, 2.05) is 6.92 Å². The monoisotopic (exact) mass is 403 g/mol. The van der Waals surface area contributed by atoms with E-state index in [1.54, 1.807) is 0 Å². The topological polar surface area (TPSA) is 130 Å². The molecule has 2 aliphatic rings. The lowest BCUT2D eigenvalue weighted by atomic mass is 9.72. The summed E-state index contributed by atoms with van der Waals surface area (Å²) in [5.74, 6) is 0.915. The molecule has 1 aliphatic heterocycles. The first-order valence-corrected chi connectivity index (χ1v) is 9.55. The third-order valence-electron chi connectivity index (χ3n) is 5.44. The molecule has 4 rings (SSSR count). The van der Waals surface area contributed by atoms with Crippen LogP contribution in [-0.4, -0.2) is 61.7 Å². The molecule has 0 saturated carbocycles. The molecule has 2 aromatic rings. The number of carbonyl (C=O) groups is 2. The van der Waals surface area contributed by atoms with Gasteiger partial charge >= 0.3 is 5.97 Å². The first-order chi connectivity index (χ1) is 14.0. The molecule has 156 valence electrons. The van der Waals surface area contributed by atoms with Gasteiger partial charge in [-0.3, -0.25) is 24.4 Å². The fourth-order valence-electron chi connectivity index (χ4n) is 4.29. The van der Waals surface area contributed by atoms with Crippen molar-refractivity contribution < 1.29 is 19.4 Å². The number of carbonyl (C=O) groups excluding carboxylic acids is 1. The molecule has 2 aromatic heterocycles. The van der Waals surface area contributed by atoms with E-state index in [0.29, 0.717) is 30.5 Å². The number of hydrogen-bond acceptors (Lipinski definition) is 7. The van der Waals surface area contributed by atoms with Crippen molar-refractivity contribution in [2.24, 2.45) is 23.7 Å². The van der Waals surface area contributed by atoms with E-state index >= 15 is 0 Å². The van der Waals surface area contributed by atoms with Gasteiger partial charge in [-0.15, -0.1) is 0 Å². The summed E-state index contributed by atoms with van der Waals surface area (Å²) >= 11 is 0. The van der Waals surface area contributed by atoms with Gasteiger partial charge in [0.25, 0.3) is 17.8 Å².